The zero-order chi connectivity index (χ0) is 31.8. The van der Waals surface area contributed by atoms with Crippen molar-refractivity contribution in [3.05, 3.63) is 18.2 Å². The van der Waals surface area contributed by atoms with Gasteiger partial charge in [0.2, 0.25) is 0 Å². The van der Waals surface area contributed by atoms with Crippen molar-refractivity contribution in [2.24, 2.45) is 0 Å². The fourth-order valence-electron chi connectivity index (χ4n) is 7.24. The van der Waals surface area contributed by atoms with Gasteiger partial charge in [0.15, 0.2) is 0 Å². The zero-order valence-corrected chi connectivity index (χ0v) is 31.0. The van der Waals surface area contributed by atoms with Gasteiger partial charge in [-0.05, 0) is 26.2 Å². The molecule has 1 aromatic rings. The van der Waals surface area contributed by atoms with Gasteiger partial charge in [-0.2, -0.15) is 0 Å². The third-order valence-corrected chi connectivity index (χ3v) is 10.3. The van der Waals surface area contributed by atoms with E-state index >= 15 is 0 Å². The van der Waals surface area contributed by atoms with Gasteiger partial charge in [-0.25, -0.2) is 4.98 Å². The van der Waals surface area contributed by atoms with E-state index in [2.05, 4.69) is 44.7 Å². The van der Waals surface area contributed by atoms with Crippen LogP contribution in [0, 0.1) is 0 Å². The highest BCUT2D eigenvalue weighted by Crippen LogP contribution is 2.31. The SMILES string of the molecule is CCCCCCCCCCCCCC(CCCCCCCCCCC)c1nccn1C(C)CCCCCCCCCCCC. The highest BCUT2D eigenvalue weighted by molar-refractivity contribution is 5.02. The minimum absolute atomic E-state index is 0.587. The number of hydrogen-bond donors (Lipinski definition) is 0. The Kier molecular flexibility index (Phi) is 30.1. The van der Waals surface area contributed by atoms with E-state index < -0.39 is 0 Å². The Morgan fingerprint density at radius 1 is 0.432 bits per heavy atom. The highest BCUT2D eigenvalue weighted by Gasteiger charge is 2.19. The molecule has 0 radical (unpaired) electrons. The topological polar surface area (TPSA) is 17.8 Å². The minimum atomic E-state index is 0.587. The third kappa shape index (κ3) is 23.5. The van der Waals surface area contributed by atoms with E-state index in [1.165, 1.54) is 218 Å². The van der Waals surface area contributed by atoms with Gasteiger partial charge >= 0.3 is 0 Å². The predicted molar refractivity (Wildman–Crippen MR) is 199 cm³/mol. The number of rotatable bonds is 35. The lowest BCUT2D eigenvalue weighted by Gasteiger charge is -2.22. The number of hydrogen-bond acceptors (Lipinski definition) is 1. The second-order valence-electron chi connectivity index (χ2n) is 14.7. The summed E-state index contributed by atoms with van der Waals surface area (Å²) in [5.74, 6) is 2.07. The lowest BCUT2D eigenvalue weighted by atomic mass is 9.92. The van der Waals surface area contributed by atoms with E-state index in [9.17, 15) is 0 Å². The summed E-state index contributed by atoms with van der Waals surface area (Å²) >= 11 is 0. The molecule has 260 valence electrons. The summed E-state index contributed by atoms with van der Waals surface area (Å²) in [5.41, 5.74) is 0. The van der Waals surface area contributed by atoms with Crippen molar-refractivity contribution in [2.45, 2.75) is 252 Å². The summed E-state index contributed by atoms with van der Waals surface area (Å²) in [5, 5.41) is 0. The predicted octanol–water partition coefficient (Wildman–Crippen LogP) is 15.5. The molecule has 1 aromatic heterocycles. The van der Waals surface area contributed by atoms with Gasteiger partial charge in [0.1, 0.15) is 5.82 Å². The molecule has 2 nitrogen and oxygen atoms in total. The summed E-state index contributed by atoms with van der Waals surface area (Å²) in [4.78, 5) is 5.03. The minimum Gasteiger partial charge on any atom is -0.332 e. The second kappa shape index (κ2) is 32.2. The van der Waals surface area contributed by atoms with Gasteiger partial charge in [-0.1, -0.05) is 213 Å². The maximum atomic E-state index is 5.03. The smallest absolute Gasteiger partial charge is 0.111 e. The molecule has 0 aliphatic heterocycles. The molecule has 44 heavy (non-hydrogen) atoms. The molecule has 2 heteroatoms. The van der Waals surface area contributed by atoms with Gasteiger partial charge in [-0.3, -0.25) is 0 Å². The molecule has 2 unspecified atom stereocenters. The standard InChI is InChI=1S/C42H82N2/c1-5-8-11-14-17-20-22-25-28-31-34-37-41(36-33-30-27-23-19-16-13-10-7-3)42-43-38-39-44(42)40(4)35-32-29-26-24-21-18-15-12-9-6-2/h38-41H,5-37H2,1-4H3. The molecule has 0 N–H and O–H groups in total. The van der Waals surface area contributed by atoms with Gasteiger partial charge < -0.3 is 4.57 Å². The molecule has 0 aliphatic rings. The molecule has 1 rings (SSSR count). The number of imidazole rings is 1. The van der Waals surface area contributed by atoms with E-state index in [0.29, 0.717) is 12.0 Å². The van der Waals surface area contributed by atoms with Crippen LogP contribution in [-0.4, -0.2) is 9.55 Å². The Bertz CT molecular complexity index is 679. The molecule has 0 spiro atoms. The lowest BCUT2D eigenvalue weighted by molar-refractivity contribution is 0.412. The summed E-state index contributed by atoms with van der Waals surface area (Å²) in [6.45, 7) is 9.40. The van der Waals surface area contributed by atoms with Gasteiger partial charge in [-0.15, -0.1) is 0 Å². The fourth-order valence-corrected chi connectivity index (χ4v) is 7.24. The van der Waals surface area contributed by atoms with Crippen LogP contribution >= 0.6 is 0 Å². The van der Waals surface area contributed by atoms with Gasteiger partial charge in [0, 0.05) is 24.4 Å². The van der Waals surface area contributed by atoms with E-state index in [1.807, 2.05) is 0 Å². The van der Waals surface area contributed by atoms with Crippen LogP contribution in [0.4, 0.5) is 0 Å². The van der Waals surface area contributed by atoms with Crippen molar-refractivity contribution in [2.75, 3.05) is 0 Å². The molecule has 0 aliphatic carbocycles. The van der Waals surface area contributed by atoms with Crippen molar-refractivity contribution < 1.29 is 0 Å². The average Bonchev–Trinajstić information content (AvgIpc) is 3.52. The molecule has 0 saturated heterocycles. The molecule has 0 fully saturated rings. The summed E-state index contributed by atoms with van der Waals surface area (Å²) < 4.78 is 2.59. The first-order chi connectivity index (χ1) is 21.7. The van der Waals surface area contributed by atoms with Crippen LogP contribution in [0.5, 0.6) is 0 Å². The van der Waals surface area contributed by atoms with Crippen LogP contribution in [-0.2, 0) is 0 Å². The van der Waals surface area contributed by atoms with Crippen LogP contribution in [0.15, 0.2) is 12.4 Å². The van der Waals surface area contributed by atoms with Crippen LogP contribution in [0.25, 0.3) is 0 Å². The molecular formula is C42H82N2. The van der Waals surface area contributed by atoms with E-state index in [-0.39, 0.29) is 0 Å². The highest BCUT2D eigenvalue weighted by atomic mass is 15.1. The number of unbranched alkanes of at least 4 members (excludes halogenated alkanes) is 27. The quantitative estimate of drug-likeness (QED) is 0.0695. The van der Waals surface area contributed by atoms with Crippen molar-refractivity contribution in [3.63, 3.8) is 0 Å². The molecule has 0 amide bonds. The average molecular weight is 615 g/mol. The first-order valence-corrected chi connectivity index (χ1v) is 20.8. The van der Waals surface area contributed by atoms with E-state index in [4.69, 9.17) is 4.98 Å². The molecule has 0 aromatic carbocycles. The molecule has 1 heterocycles. The normalized spacial score (nSPS) is 13.1. The zero-order valence-electron chi connectivity index (χ0n) is 31.0. The molecule has 0 bridgehead atoms. The van der Waals surface area contributed by atoms with Gasteiger partial charge in [0.05, 0.1) is 0 Å². The van der Waals surface area contributed by atoms with E-state index in [1.54, 1.807) is 0 Å². The summed E-state index contributed by atoms with van der Waals surface area (Å²) in [6, 6.07) is 0.587. The Morgan fingerprint density at radius 3 is 1.07 bits per heavy atom. The van der Waals surface area contributed by atoms with Crippen molar-refractivity contribution in [3.8, 4) is 0 Å². The Balaban J connectivity index is 2.42. The first kappa shape index (κ1) is 41.2. The van der Waals surface area contributed by atoms with Crippen molar-refractivity contribution >= 4 is 0 Å². The number of aromatic nitrogens is 2. The molecule has 0 saturated carbocycles. The molecular weight excluding hydrogens is 532 g/mol. The summed E-state index contributed by atoms with van der Waals surface area (Å²) in [7, 11) is 0. The number of nitrogens with zero attached hydrogens (tertiary/aromatic N) is 2. The second-order valence-corrected chi connectivity index (χ2v) is 14.7. The fraction of sp³-hybridized carbons (Fsp3) is 0.929. The van der Waals surface area contributed by atoms with Crippen molar-refractivity contribution in [1.29, 1.82) is 0 Å². The maximum Gasteiger partial charge on any atom is 0.111 e. The van der Waals surface area contributed by atoms with Gasteiger partial charge in [0.25, 0.3) is 0 Å². The Hall–Kier alpha value is -0.790. The van der Waals surface area contributed by atoms with Crippen molar-refractivity contribution in [1.82, 2.24) is 9.55 Å². The lowest BCUT2D eigenvalue weighted by Crippen LogP contribution is -2.13. The van der Waals surface area contributed by atoms with Crippen LogP contribution in [0.1, 0.15) is 257 Å². The Morgan fingerprint density at radius 2 is 0.727 bits per heavy atom. The Labute approximate surface area is 278 Å². The van der Waals surface area contributed by atoms with Crippen LogP contribution in [0.3, 0.4) is 0 Å². The monoisotopic (exact) mass is 615 g/mol. The largest absolute Gasteiger partial charge is 0.332 e. The van der Waals surface area contributed by atoms with Crippen LogP contribution in [0.2, 0.25) is 0 Å². The third-order valence-electron chi connectivity index (χ3n) is 10.3. The maximum absolute atomic E-state index is 5.03. The summed E-state index contributed by atoms with van der Waals surface area (Å²) in [6.07, 6.45) is 51.2. The molecule has 2 atom stereocenters. The van der Waals surface area contributed by atoms with Crippen LogP contribution < -0.4 is 0 Å². The van der Waals surface area contributed by atoms with E-state index in [0.717, 1.165) is 0 Å². The first-order valence-electron chi connectivity index (χ1n) is 20.8.